The van der Waals surface area contributed by atoms with Gasteiger partial charge in [0.05, 0.1) is 0 Å². The molecule has 0 radical (unpaired) electrons. The van der Waals surface area contributed by atoms with E-state index in [0.717, 1.165) is 10.8 Å². The first-order valence-electron chi connectivity index (χ1n) is 6.83. The fourth-order valence-corrected chi connectivity index (χ4v) is 4.08. The summed E-state index contributed by atoms with van der Waals surface area (Å²) >= 11 is 2.01. The predicted molar refractivity (Wildman–Crippen MR) is 77.3 cm³/mol. The number of rotatable bonds is 4. The predicted octanol–water partition coefficient (Wildman–Crippen LogP) is 4.28. The van der Waals surface area contributed by atoms with Crippen molar-refractivity contribution in [1.82, 2.24) is 0 Å². The van der Waals surface area contributed by atoms with E-state index in [9.17, 15) is 4.39 Å². The Labute approximate surface area is 113 Å². The monoisotopic (exact) mass is 267 g/mol. The van der Waals surface area contributed by atoms with Crippen molar-refractivity contribution in [3.8, 4) is 0 Å². The van der Waals surface area contributed by atoms with Crippen molar-refractivity contribution in [3.63, 3.8) is 0 Å². The maximum absolute atomic E-state index is 12.9. The van der Waals surface area contributed by atoms with Gasteiger partial charge in [-0.3, -0.25) is 0 Å². The van der Waals surface area contributed by atoms with Crippen LogP contribution < -0.4 is 5.73 Å². The van der Waals surface area contributed by atoms with Gasteiger partial charge in [0.15, 0.2) is 0 Å². The Morgan fingerprint density at radius 2 is 1.78 bits per heavy atom. The molecule has 0 saturated heterocycles. The highest BCUT2D eigenvalue weighted by atomic mass is 32.2. The summed E-state index contributed by atoms with van der Waals surface area (Å²) in [5.74, 6) is -0.196. The molecule has 1 nitrogen and oxygen atoms in total. The van der Waals surface area contributed by atoms with Crippen LogP contribution in [0, 0.1) is 5.82 Å². The maximum atomic E-state index is 12.9. The molecule has 0 amide bonds. The van der Waals surface area contributed by atoms with E-state index in [1.807, 2.05) is 11.8 Å². The first-order valence-corrected chi connectivity index (χ1v) is 7.77. The van der Waals surface area contributed by atoms with Gasteiger partial charge < -0.3 is 5.73 Å². The molecule has 0 aliphatic heterocycles. The second-order valence-corrected chi connectivity index (χ2v) is 6.86. The maximum Gasteiger partial charge on any atom is 0.123 e. The Balaban J connectivity index is 1.91. The van der Waals surface area contributed by atoms with Crippen LogP contribution in [0.25, 0.3) is 0 Å². The van der Waals surface area contributed by atoms with Crippen molar-refractivity contribution in [2.75, 3.05) is 0 Å². The van der Waals surface area contributed by atoms with Gasteiger partial charge in [0, 0.05) is 16.5 Å². The van der Waals surface area contributed by atoms with Crippen molar-refractivity contribution in [2.24, 2.45) is 5.73 Å². The van der Waals surface area contributed by atoms with E-state index in [4.69, 9.17) is 5.73 Å². The minimum atomic E-state index is -0.196. The average Bonchev–Trinajstić information content (AvgIpc) is 2.40. The molecular formula is C15H22FNS. The van der Waals surface area contributed by atoms with E-state index in [-0.39, 0.29) is 11.9 Å². The molecule has 1 fully saturated rings. The van der Waals surface area contributed by atoms with Gasteiger partial charge in [-0.1, -0.05) is 38.3 Å². The number of halogens is 1. The number of hydrogen-bond donors (Lipinski definition) is 1. The molecule has 2 N–H and O–H groups in total. The fourth-order valence-electron chi connectivity index (χ4n) is 2.55. The zero-order chi connectivity index (χ0) is 13.0. The van der Waals surface area contributed by atoms with Gasteiger partial charge in [-0.2, -0.15) is 11.8 Å². The van der Waals surface area contributed by atoms with Crippen LogP contribution in [0.1, 0.15) is 50.6 Å². The molecule has 1 aromatic rings. The van der Waals surface area contributed by atoms with Crippen LogP contribution in [0.2, 0.25) is 0 Å². The zero-order valence-electron chi connectivity index (χ0n) is 10.9. The van der Waals surface area contributed by atoms with Gasteiger partial charge in [0.1, 0.15) is 5.82 Å². The second kappa shape index (κ2) is 6.58. The van der Waals surface area contributed by atoms with Gasteiger partial charge in [-0.25, -0.2) is 4.39 Å². The molecule has 1 saturated carbocycles. The largest absolute Gasteiger partial charge is 0.323 e. The first-order chi connectivity index (χ1) is 8.66. The van der Waals surface area contributed by atoms with E-state index in [0.29, 0.717) is 5.25 Å². The standard InChI is InChI=1S/C15H22FNS/c1-11(18-14-5-3-2-4-6-14)15(17)12-7-9-13(16)10-8-12/h7-11,14-15H,2-6,17H2,1H3. The van der Waals surface area contributed by atoms with E-state index in [1.54, 1.807) is 12.1 Å². The molecule has 0 spiro atoms. The molecule has 0 heterocycles. The molecule has 0 bridgehead atoms. The fraction of sp³-hybridized carbons (Fsp3) is 0.600. The molecule has 1 aromatic carbocycles. The van der Waals surface area contributed by atoms with E-state index in [1.165, 1.54) is 44.2 Å². The molecule has 0 aromatic heterocycles. The third kappa shape index (κ3) is 3.72. The summed E-state index contributed by atoms with van der Waals surface area (Å²) in [6.07, 6.45) is 6.75. The van der Waals surface area contributed by atoms with Gasteiger partial charge >= 0.3 is 0 Å². The van der Waals surface area contributed by atoms with E-state index < -0.39 is 0 Å². The van der Waals surface area contributed by atoms with Crippen molar-refractivity contribution in [3.05, 3.63) is 35.6 Å². The molecule has 2 atom stereocenters. The van der Waals surface area contributed by atoms with Crippen LogP contribution in [0.15, 0.2) is 24.3 Å². The molecule has 100 valence electrons. The van der Waals surface area contributed by atoms with Crippen molar-refractivity contribution >= 4 is 11.8 Å². The highest BCUT2D eigenvalue weighted by Crippen LogP contribution is 2.34. The van der Waals surface area contributed by atoms with Crippen molar-refractivity contribution in [2.45, 2.75) is 55.6 Å². The summed E-state index contributed by atoms with van der Waals surface area (Å²) in [5, 5.41) is 1.15. The molecule has 18 heavy (non-hydrogen) atoms. The zero-order valence-corrected chi connectivity index (χ0v) is 11.8. The molecule has 1 aliphatic carbocycles. The van der Waals surface area contributed by atoms with Gasteiger partial charge in [-0.15, -0.1) is 0 Å². The van der Waals surface area contributed by atoms with E-state index >= 15 is 0 Å². The lowest BCUT2D eigenvalue weighted by molar-refractivity contribution is 0.513. The van der Waals surface area contributed by atoms with Crippen molar-refractivity contribution in [1.29, 1.82) is 0 Å². The molecule has 2 rings (SSSR count). The molecular weight excluding hydrogens is 245 g/mol. The first kappa shape index (κ1) is 13.9. The van der Waals surface area contributed by atoms with Crippen LogP contribution in [0.4, 0.5) is 4.39 Å². The summed E-state index contributed by atoms with van der Waals surface area (Å²) in [6, 6.07) is 6.59. The summed E-state index contributed by atoms with van der Waals surface area (Å²) < 4.78 is 12.9. The minimum absolute atomic E-state index is 0.00229. The lowest BCUT2D eigenvalue weighted by Crippen LogP contribution is -2.24. The smallest absolute Gasteiger partial charge is 0.123 e. The van der Waals surface area contributed by atoms with Crippen LogP contribution in [-0.2, 0) is 0 Å². The lowest BCUT2D eigenvalue weighted by Gasteiger charge is -2.27. The number of benzene rings is 1. The second-order valence-electron chi connectivity index (χ2n) is 5.18. The summed E-state index contributed by atoms with van der Waals surface area (Å²) in [5.41, 5.74) is 7.30. The Hall–Kier alpha value is -0.540. The van der Waals surface area contributed by atoms with Crippen molar-refractivity contribution < 1.29 is 4.39 Å². The normalized spacial score (nSPS) is 20.6. The number of nitrogens with two attached hydrogens (primary N) is 1. The summed E-state index contributed by atoms with van der Waals surface area (Å²) in [4.78, 5) is 0. The van der Waals surface area contributed by atoms with Crippen LogP contribution in [0.3, 0.4) is 0 Å². The molecule has 1 aliphatic rings. The highest BCUT2D eigenvalue weighted by molar-refractivity contribution is 8.00. The van der Waals surface area contributed by atoms with Crippen LogP contribution >= 0.6 is 11.8 Å². The average molecular weight is 267 g/mol. The number of hydrogen-bond acceptors (Lipinski definition) is 2. The Kier molecular flexibility index (Phi) is 5.07. The van der Waals surface area contributed by atoms with Gasteiger partial charge in [0.2, 0.25) is 0 Å². The van der Waals surface area contributed by atoms with Crippen LogP contribution in [-0.4, -0.2) is 10.5 Å². The lowest BCUT2D eigenvalue weighted by atomic mass is 10.0. The summed E-state index contributed by atoms with van der Waals surface area (Å²) in [7, 11) is 0. The highest BCUT2D eigenvalue weighted by Gasteiger charge is 2.21. The number of thioether (sulfide) groups is 1. The minimum Gasteiger partial charge on any atom is -0.323 e. The molecule has 2 unspecified atom stereocenters. The molecule has 3 heteroatoms. The van der Waals surface area contributed by atoms with Crippen LogP contribution in [0.5, 0.6) is 0 Å². The van der Waals surface area contributed by atoms with Gasteiger partial charge in [-0.05, 0) is 30.5 Å². The quantitative estimate of drug-likeness (QED) is 0.881. The Morgan fingerprint density at radius 1 is 1.17 bits per heavy atom. The topological polar surface area (TPSA) is 26.0 Å². The Morgan fingerprint density at radius 3 is 2.39 bits per heavy atom. The Bertz CT molecular complexity index is 359. The third-order valence-corrected chi connectivity index (χ3v) is 5.30. The SMILES string of the molecule is CC(SC1CCCCC1)C(N)c1ccc(F)cc1. The van der Waals surface area contributed by atoms with Gasteiger partial charge in [0.25, 0.3) is 0 Å². The third-order valence-electron chi connectivity index (χ3n) is 3.72. The summed E-state index contributed by atoms with van der Waals surface area (Å²) in [6.45, 7) is 2.19. The van der Waals surface area contributed by atoms with E-state index in [2.05, 4.69) is 6.92 Å².